The fraction of sp³-hybridized carbons (Fsp3) is 0.333. The Morgan fingerprint density at radius 3 is 2.60 bits per heavy atom. The molecule has 0 atom stereocenters. The van der Waals surface area contributed by atoms with Gasteiger partial charge in [-0.25, -0.2) is 8.42 Å². The maximum atomic E-state index is 12.5. The summed E-state index contributed by atoms with van der Waals surface area (Å²) in [5.41, 5.74) is 0.947. The Balaban J connectivity index is 2.26. The number of aliphatic hydroxyl groups is 1. The number of sulfonamides is 1. The van der Waals surface area contributed by atoms with Crippen LogP contribution in [0.4, 0.5) is 0 Å². The zero-order valence-corrected chi connectivity index (χ0v) is 15.0. The average Bonchev–Trinajstić information content (AvgIpc) is 2.95. The predicted molar refractivity (Wildman–Crippen MR) is 85.7 cm³/mol. The maximum Gasteiger partial charge on any atom is 0.244 e. The van der Waals surface area contributed by atoms with Crippen molar-refractivity contribution in [3.63, 3.8) is 0 Å². The van der Waals surface area contributed by atoms with Gasteiger partial charge in [-0.05, 0) is 45.9 Å². The van der Waals surface area contributed by atoms with E-state index in [1.165, 1.54) is 27.0 Å². The van der Waals surface area contributed by atoms with Crippen LogP contribution in [0.2, 0.25) is 0 Å². The molecule has 20 heavy (non-hydrogen) atoms. The number of halogens is 1. The Bertz CT molecular complexity index is 705. The summed E-state index contributed by atoms with van der Waals surface area (Å²) in [6.07, 6.45) is 0. The van der Waals surface area contributed by atoms with Crippen LogP contribution in [-0.4, -0.2) is 24.9 Å². The molecule has 2 heterocycles. The normalized spacial score (nSPS) is 12.2. The molecule has 0 radical (unpaired) electrons. The first-order chi connectivity index (χ1) is 9.34. The van der Waals surface area contributed by atoms with E-state index < -0.39 is 10.0 Å². The molecule has 0 amide bonds. The zero-order chi connectivity index (χ0) is 14.9. The van der Waals surface area contributed by atoms with Gasteiger partial charge in [0.25, 0.3) is 0 Å². The third-order valence-corrected chi connectivity index (χ3v) is 7.44. The molecule has 0 saturated carbocycles. The van der Waals surface area contributed by atoms with Crippen molar-refractivity contribution in [2.75, 3.05) is 7.05 Å². The lowest BCUT2D eigenvalue weighted by atomic mass is 10.3. The highest BCUT2D eigenvalue weighted by Gasteiger charge is 2.25. The molecule has 0 aliphatic rings. The molecule has 0 spiro atoms. The Morgan fingerprint density at radius 2 is 2.10 bits per heavy atom. The fourth-order valence-corrected chi connectivity index (χ4v) is 5.62. The van der Waals surface area contributed by atoms with Gasteiger partial charge in [0.1, 0.15) is 0 Å². The summed E-state index contributed by atoms with van der Waals surface area (Å²) in [4.78, 5) is 1.64. The van der Waals surface area contributed by atoms with Crippen LogP contribution >= 0.6 is 38.6 Å². The third kappa shape index (κ3) is 3.32. The molecule has 4 nitrogen and oxygen atoms in total. The Kier molecular flexibility index (Phi) is 5.04. The van der Waals surface area contributed by atoms with Crippen molar-refractivity contribution in [2.24, 2.45) is 0 Å². The highest BCUT2D eigenvalue weighted by atomic mass is 79.9. The molecule has 2 aromatic rings. The van der Waals surface area contributed by atoms with Crippen LogP contribution in [0.25, 0.3) is 0 Å². The second kappa shape index (κ2) is 6.25. The van der Waals surface area contributed by atoms with Crippen molar-refractivity contribution in [1.29, 1.82) is 0 Å². The Morgan fingerprint density at radius 1 is 1.40 bits per heavy atom. The topological polar surface area (TPSA) is 57.6 Å². The summed E-state index contributed by atoms with van der Waals surface area (Å²) >= 11 is 6.20. The number of hydrogen-bond donors (Lipinski definition) is 1. The van der Waals surface area contributed by atoms with Gasteiger partial charge in [0, 0.05) is 23.3 Å². The molecule has 1 N–H and O–H groups in total. The maximum absolute atomic E-state index is 12.5. The number of rotatable bonds is 5. The number of hydrogen-bond acceptors (Lipinski definition) is 5. The van der Waals surface area contributed by atoms with Crippen LogP contribution in [0, 0.1) is 6.92 Å². The van der Waals surface area contributed by atoms with Gasteiger partial charge < -0.3 is 5.11 Å². The molecule has 0 unspecified atom stereocenters. The minimum atomic E-state index is -3.53. The molecule has 0 fully saturated rings. The van der Waals surface area contributed by atoms with E-state index in [2.05, 4.69) is 15.9 Å². The minimum Gasteiger partial charge on any atom is -0.391 e. The summed E-state index contributed by atoms with van der Waals surface area (Å²) in [6.45, 7) is 1.95. The third-order valence-electron chi connectivity index (χ3n) is 2.79. The summed E-state index contributed by atoms with van der Waals surface area (Å²) in [5, 5.41) is 11.0. The second-order valence-electron chi connectivity index (χ2n) is 4.31. The molecule has 0 saturated heterocycles. The van der Waals surface area contributed by atoms with Crippen LogP contribution in [0.5, 0.6) is 0 Å². The van der Waals surface area contributed by atoms with Gasteiger partial charge >= 0.3 is 0 Å². The lowest BCUT2D eigenvalue weighted by Crippen LogP contribution is -2.26. The van der Waals surface area contributed by atoms with Gasteiger partial charge in [0.15, 0.2) is 0 Å². The van der Waals surface area contributed by atoms with Crippen molar-refractivity contribution in [1.82, 2.24) is 4.31 Å². The fourth-order valence-electron chi connectivity index (χ4n) is 1.80. The lowest BCUT2D eigenvalue weighted by molar-refractivity contribution is 0.285. The molecule has 0 aliphatic carbocycles. The van der Waals surface area contributed by atoms with Crippen molar-refractivity contribution in [2.45, 2.75) is 25.0 Å². The van der Waals surface area contributed by atoms with Crippen molar-refractivity contribution in [3.05, 3.63) is 36.6 Å². The first-order valence-corrected chi connectivity index (χ1v) is 9.67. The van der Waals surface area contributed by atoms with E-state index in [0.29, 0.717) is 16.3 Å². The molecule has 2 aromatic heterocycles. The van der Waals surface area contributed by atoms with E-state index in [1.807, 2.05) is 11.4 Å². The minimum absolute atomic E-state index is 0.137. The van der Waals surface area contributed by atoms with Gasteiger partial charge in [-0.2, -0.15) is 4.31 Å². The Hall–Kier alpha value is -0.250. The van der Waals surface area contributed by atoms with Gasteiger partial charge in [-0.3, -0.25) is 0 Å². The smallest absolute Gasteiger partial charge is 0.244 e. The number of aliphatic hydroxyl groups excluding tert-OH is 1. The molecule has 0 aliphatic heterocycles. The zero-order valence-electron chi connectivity index (χ0n) is 11.0. The van der Waals surface area contributed by atoms with Crippen LogP contribution in [0.3, 0.4) is 0 Å². The standard InChI is InChI=1S/C12H14BrNO3S3/c1-8-11(4-10(6-15)19-8)20(16,17)14(2)5-9-3-12(13)18-7-9/h3-4,7,15H,5-6H2,1-2H3. The van der Waals surface area contributed by atoms with Crippen LogP contribution in [0.1, 0.15) is 15.3 Å². The van der Waals surface area contributed by atoms with Crippen LogP contribution < -0.4 is 0 Å². The molecule has 8 heteroatoms. The number of nitrogens with zero attached hydrogens (tertiary/aromatic N) is 1. The van der Waals surface area contributed by atoms with Crippen LogP contribution in [0.15, 0.2) is 26.2 Å². The summed E-state index contributed by atoms with van der Waals surface area (Å²) in [5.74, 6) is 0. The molecule has 2 rings (SSSR count). The first kappa shape index (κ1) is 16.1. The van der Waals surface area contributed by atoms with E-state index in [9.17, 15) is 8.42 Å². The molecular formula is C12H14BrNO3S3. The molecular weight excluding hydrogens is 382 g/mol. The van der Waals surface area contributed by atoms with Gasteiger partial charge in [-0.15, -0.1) is 22.7 Å². The summed E-state index contributed by atoms with van der Waals surface area (Å²) in [6, 6.07) is 3.46. The molecule has 0 bridgehead atoms. The highest BCUT2D eigenvalue weighted by molar-refractivity contribution is 9.11. The van der Waals surface area contributed by atoms with Gasteiger partial charge in [0.05, 0.1) is 15.3 Å². The van der Waals surface area contributed by atoms with E-state index in [0.717, 1.165) is 9.35 Å². The lowest BCUT2D eigenvalue weighted by Gasteiger charge is -2.16. The largest absolute Gasteiger partial charge is 0.391 e. The van der Waals surface area contributed by atoms with Crippen molar-refractivity contribution < 1.29 is 13.5 Å². The summed E-state index contributed by atoms with van der Waals surface area (Å²) < 4.78 is 27.4. The monoisotopic (exact) mass is 395 g/mol. The highest BCUT2D eigenvalue weighted by Crippen LogP contribution is 2.29. The average molecular weight is 396 g/mol. The van der Waals surface area contributed by atoms with E-state index >= 15 is 0 Å². The van der Waals surface area contributed by atoms with E-state index in [4.69, 9.17) is 5.11 Å². The quantitative estimate of drug-likeness (QED) is 0.845. The van der Waals surface area contributed by atoms with Crippen LogP contribution in [-0.2, 0) is 23.2 Å². The first-order valence-electron chi connectivity index (χ1n) is 5.74. The predicted octanol–water partition coefficient (Wildman–Crippen LogP) is 3.19. The number of thiophene rings is 2. The summed E-state index contributed by atoms with van der Waals surface area (Å²) in [7, 11) is -1.96. The SMILES string of the molecule is Cc1sc(CO)cc1S(=O)(=O)N(C)Cc1csc(Br)c1. The van der Waals surface area contributed by atoms with E-state index in [-0.39, 0.29) is 11.5 Å². The van der Waals surface area contributed by atoms with Gasteiger partial charge in [-0.1, -0.05) is 0 Å². The van der Waals surface area contributed by atoms with Crippen molar-refractivity contribution >= 4 is 48.6 Å². The van der Waals surface area contributed by atoms with Crippen molar-refractivity contribution in [3.8, 4) is 0 Å². The molecule has 0 aromatic carbocycles. The second-order valence-corrected chi connectivity index (χ2v) is 9.96. The van der Waals surface area contributed by atoms with Gasteiger partial charge in [0.2, 0.25) is 10.0 Å². The van der Waals surface area contributed by atoms with E-state index in [1.54, 1.807) is 20.0 Å². The Labute approximate surface area is 134 Å². The number of aryl methyl sites for hydroxylation is 1. The molecule has 110 valence electrons.